The lowest BCUT2D eigenvalue weighted by Gasteiger charge is -2.44. The minimum absolute atomic E-state index is 0.0814. The summed E-state index contributed by atoms with van der Waals surface area (Å²) in [6.07, 6.45) is -0.279. The molecule has 0 unspecified atom stereocenters. The molecule has 8 heteroatoms. The fourth-order valence-electron chi connectivity index (χ4n) is 6.82. The molecule has 1 aromatic carbocycles. The van der Waals surface area contributed by atoms with Gasteiger partial charge in [0.1, 0.15) is 6.10 Å². The van der Waals surface area contributed by atoms with Crippen molar-refractivity contribution in [3.05, 3.63) is 33.9 Å². The van der Waals surface area contributed by atoms with E-state index in [1.165, 1.54) is 30.5 Å². The number of aliphatic hydroxyl groups excluding tert-OH is 1. The highest BCUT2D eigenvalue weighted by Crippen LogP contribution is 2.58. The van der Waals surface area contributed by atoms with E-state index in [1.54, 1.807) is 6.92 Å². The molecular weight excluding hydrogens is 488 g/mol. The average molecular weight is 531 g/mol. The lowest BCUT2D eigenvalue weighted by Crippen LogP contribution is -2.60. The topological polar surface area (TPSA) is 112 Å². The number of carbonyl (C=O) groups excluding carboxylic acids is 2. The fourth-order valence-corrected chi connectivity index (χ4v) is 6.82. The molecule has 0 aromatic heterocycles. The molecule has 8 nitrogen and oxygen atoms in total. The number of hydrogen-bond acceptors (Lipinski definition) is 8. The van der Waals surface area contributed by atoms with Gasteiger partial charge in [-0.2, -0.15) is 0 Å². The third-order valence-electron chi connectivity index (χ3n) is 8.38. The second-order valence-corrected chi connectivity index (χ2v) is 11.7. The number of esters is 2. The zero-order chi connectivity index (χ0) is 28.0. The summed E-state index contributed by atoms with van der Waals surface area (Å²) in [5.74, 6) is 0.330. The van der Waals surface area contributed by atoms with Gasteiger partial charge in [-0.1, -0.05) is 25.5 Å². The van der Waals surface area contributed by atoms with E-state index in [0.29, 0.717) is 11.8 Å². The number of phenolic OH excluding ortho intramolecular Hbond substituents is 1. The monoisotopic (exact) mass is 530 g/mol. The van der Waals surface area contributed by atoms with Gasteiger partial charge in [-0.3, -0.25) is 9.59 Å². The number of benzene rings is 1. The van der Waals surface area contributed by atoms with Crippen LogP contribution in [0.15, 0.2) is 11.6 Å². The normalized spacial score (nSPS) is 34.1. The average Bonchev–Trinajstić information content (AvgIpc) is 2.80. The molecule has 0 radical (unpaired) electrons. The van der Waals surface area contributed by atoms with Crippen molar-refractivity contribution in [1.82, 2.24) is 0 Å². The van der Waals surface area contributed by atoms with Crippen molar-refractivity contribution in [3.63, 3.8) is 0 Å². The predicted octanol–water partition coefficient (Wildman–Crippen LogP) is 5.12. The van der Waals surface area contributed by atoms with Gasteiger partial charge in [0.05, 0.1) is 6.10 Å². The van der Waals surface area contributed by atoms with E-state index in [1.807, 2.05) is 6.92 Å². The van der Waals surface area contributed by atoms with Crippen LogP contribution in [-0.4, -0.2) is 52.9 Å². The number of phenols is 1. The molecule has 1 heterocycles. The summed E-state index contributed by atoms with van der Waals surface area (Å²) >= 11 is 0. The second kappa shape index (κ2) is 10.9. The summed E-state index contributed by atoms with van der Waals surface area (Å²) < 4.78 is 23.1. The van der Waals surface area contributed by atoms with E-state index in [2.05, 4.69) is 33.8 Å². The van der Waals surface area contributed by atoms with Gasteiger partial charge in [0.25, 0.3) is 0 Å². The number of carbonyl (C=O) groups is 2. The second-order valence-electron chi connectivity index (χ2n) is 11.7. The quantitative estimate of drug-likeness (QED) is 0.399. The Kier molecular flexibility index (Phi) is 8.15. The first-order chi connectivity index (χ1) is 17.8. The number of rotatable bonds is 5. The first-order valence-electron chi connectivity index (χ1n) is 13.7. The minimum atomic E-state index is -1.38. The summed E-state index contributed by atoms with van der Waals surface area (Å²) in [5, 5.41) is 22.7. The maximum atomic E-state index is 11.9. The smallest absolute Gasteiger partial charge is 0.303 e. The summed E-state index contributed by atoms with van der Waals surface area (Å²) in [6, 6.07) is 0. The molecule has 4 rings (SSSR count). The van der Waals surface area contributed by atoms with Crippen molar-refractivity contribution in [2.75, 3.05) is 0 Å². The van der Waals surface area contributed by atoms with Crippen LogP contribution < -0.4 is 4.74 Å². The molecule has 1 fully saturated rings. The van der Waals surface area contributed by atoms with Crippen molar-refractivity contribution < 1.29 is 38.7 Å². The molecule has 0 bridgehead atoms. The van der Waals surface area contributed by atoms with Crippen LogP contribution in [0.1, 0.15) is 108 Å². The van der Waals surface area contributed by atoms with Crippen LogP contribution in [0.2, 0.25) is 0 Å². The van der Waals surface area contributed by atoms with E-state index in [0.717, 1.165) is 30.4 Å². The van der Waals surface area contributed by atoms with Crippen LogP contribution in [0.25, 0.3) is 0 Å². The summed E-state index contributed by atoms with van der Waals surface area (Å²) in [4.78, 5) is 23.6. The van der Waals surface area contributed by atoms with Crippen LogP contribution in [-0.2, 0) is 23.8 Å². The van der Waals surface area contributed by atoms with Crippen LogP contribution in [0.5, 0.6) is 11.5 Å². The number of aliphatic hydroxyl groups is 1. The van der Waals surface area contributed by atoms with Crippen molar-refractivity contribution in [3.8, 4) is 11.5 Å². The standard InChI is InChI=1S/C30H42O8/c1-13(2)11-20-12-15(4)21-10-9-14(3)22-24(21)23(20)16(5)27(25(22)33)38-30-29(37-19(8)32)26(34)28(17(6)35-30)36-18(7)31/h11,14-15,17,20-21,26,28-30,33-34H,9-10,12H2,1-8H3/t14-,15-,17+,20+,21+,26-,28-,29+,30+/m0/s1. The summed E-state index contributed by atoms with van der Waals surface area (Å²) in [6.45, 7) is 14.7. The first-order valence-corrected chi connectivity index (χ1v) is 13.7. The summed E-state index contributed by atoms with van der Waals surface area (Å²) in [5.41, 5.74) is 5.41. The number of hydrogen-bond donors (Lipinski definition) is 2. The Bertz CT molecular complexity index is 1120. The van der Waals surface area contributed by atoms with Gasteiger partial charge < -0.3 is 29.2 Å². The van der Waals surface area contributed by atoms with Crippen molar-refractivity contribution in [1.29, 1.82) is 0 Å². The zero-order valence-corrected chi connectivity index (χ0v) is 23.7. The largest absolute Gasteiger partial charge is 0.504 e. The molecule has 38 heavy (non-hydrogen) atoms. The van der Waals surface area contributed by atoms with Crippen LogP contribution in [0, 0.1) is 12.8 Å². The van der Waals surface area contributed by atoms with Crippen molar-refractivity contribution >= 4 is 11.9 Å². The lowest BCUT2D eigenvalue weighted by molar-refractivity contribution is -0.277. The number of aromatic hydroxyl groups is 1. The SMILES string of the molecule is CC(=O)O[C@@H]1[C@H](O)[C@@H](OC(C)=O)[C@@H](Oc2c(C)c3c4c(c2O)[C@@H](C)CC[C@@H]4[C@@H](C)C[C@H]3C=C(C)C)O[C@@H]1C. The molecule has 0 saturated carbocycles. The van der Waals surface area contributed by atoms with Crippen LogP contribution in [0.3, 0.4) is 0 Å². The highest BCUT2D eigenvalue weighted by Gasteiger charge is 2.50. The Morgan fingerprint density at radius 3 is 2.18 bits per heavy atom. The van der Waals surface area contributed by atoms with Gasteiger partial charge in [-0.05, 0) is 81.4 Å². The van der Waals surface area contributed by atoms with E-state index < -0.39 is 42.6 Å². The highest BCUT2D eigenvalue weighted by atomic mass is 16.7. The van der Waals surface area contributed by atoms with Crippen molar-refractivity contribution in [2.45, 2.75) is 123 Å². The molecule has 0 spiro atoms. The van der Waals surface area contributed by atoms with Gasteiger partial charge in [0, 0.05) is 25.3 Å². The molecule has 0 amide bonds. The van der Waals surface area contributed by atoms with Gasteiger partial charge in [-0.15, -0.1) is 0 Å². The third-order valence-corrected chi connectivity index (χ3v) is 8.38. The fraction of sp³-hybridized carbons (Fsp3) is 0.667. The lowest BCUT2D eigenvalue weighted by atomic mass is 9.62. The van der Waals surface area contributed by atoms with E-state index in [9.17, 15) is 19.8 Å². The molecular formula is C30H42O8. The number of ether oxygens (including phenoxy) is 4. The predicted molar refractivity (Wildman–Crippen MR) is 141 cm³/mol. The Morgan fingerprint density at radius 2 is 1.58 bits per heavy atom. The van der Waals surface area contributed by atoms with Crippen LogP contribution >= 0.6 is 0 Å². The Labute approximate surface area is 225 Å². The minimum Gasteiger partial charge on any atom is -0.504 e. The van der Waals surface area contributed by atoms with Gasteiger partial charge in [-0.25, -0.2) is 0 Å². The van der Waals surface area contributed by atoms with Crippen LogP contribution in [0.4, 0.5) is 0 Å². The number of allylic oxidation sites excluding steroid dienone is 2. The van der Waals surface area contributed by atoms with E-state index in [-0.39, 0.29) is 23.3 Å². The summed E-state index contributed by atoms with van der Waals surface area (Å²) in [7, 11) is 0. The van der Waals surface area contributed by atoms with E-state index in [4.69, 9.17) is 18.9 Å². The Morgan fingerprint density at radius 1 is 0.947 bits per heavy atom. The Hall–Kier alpha value is -2.58. The van der Waals surface area contributed by atoms with Gasteiger partial charge in [0.15, 0.2) is 23.7 Å². The maximum Gasteiger partial charge on any atom is 0.303 e. The molecule has 210 valence electrons. The third kappa shape index (κ3) is 5.17. The molecule has 1 aliphatic heterocycles. The van der Waals surface area contributed by atoms with Gasteiger partial charge >= 0.3 is 11.9 Å². The Balaban J connectivity index is 1.82. The van der Waals surface area contributed by atoms with Gasteiger partial charge in [0.2, 0.25) is 6.29 Å². The molecule has 9 atom stereocenters. The zero-order valence-electron chi connectivity index (χ0n) is 23.7. The van der Waals surface area contributed by atoms with Crippen molar-refractivity contribution in [2.24, 2.45) is 5.92 Å². The highest BCUT2D eigenvalue weighted by molar-refractivity contribution is 5.67. The molecule has 1 aromatic rings. The van der Waals surface area contributed by atoms with E-state index >= 15 is 0 Å². The first kappa shape index (κ1) is 28.4. The molecule has 2 N–H and O–H groups in total. The molecule has 3 aliphatic rings. The molecule has 2 aliphatic carbocycles. The molecule has 1 saturated heterocycles. The maximum absolute atomic E-state index is 11.9.